The van der Waals surface area contributed by atoms with E-state index in [1.165, 1.54) is 16.2 Å². The minimum absolute atomic E-state index is 0.130. The molecule has 216 valence electrons. The largest absolute Gasteiger partial charge is 0.497 e. The van der Waals surface area contributed by atoms with Gasteiger partial charge in [0.05, 0.1) is 50.6 Å². The summed E-state index contributed by atoms with van der Waals surface area (Å²) in [4.78, 5) is 30.9. The summed E-state index contributed by atoms with van der Waals surface area (Å²) < 4.78 is 23.5. The molecule has 0 aliphatic rings. The van der Waals surface area contributed by atoms with Crippen LogP contribution in [0.1, 0.15) is 40.1 Å². The van der Waals surface area contributed by atoms with Gasteiger partial charge in [-0.1, -0.05) is 36.4 Å². The van der Waals surface area contributed by atoms with E-state index in [0.29, 0.717) is 36.6 Å². The first-order chi connectivity index (χ1) is 19.9. The van der Waals surface area contributed by atoms with Gasteiger partial charge in [-0.05, 0) is 24.1 Å². The molecule has 0 saturated heterocycles. The van der Waals surface area contributed by atoms with Gasteiger partial charge < -0.3 is 23.8 Å². The lowest BCUT2D eigenvalue weighted by molar-refractivity contribution is -0.128. The van der Waals surface area contributed by atoms with Crippen molar-refractivity contribution >= 4 is 23.9 Å². The van der Waals surface area contributed by atoms with Gasteiger partial charge >= 0.3 is 6.09 Å². The van der Waals surface area contributed by atoms with Gasteiger partial charge in [-0.2, -0.15) is 5.10 Å². The molecule has 0 aliphatic carbocycles. The number of amides is 1. The third kappa shape index (κ3) is 7.85. The zero-order valence-corrected chi connectivity index (χ0v) is 24.4. The van der Waals surface area contributed by atoms with Gasteiger partial charge in [0.15, 0.2) is 0 Å². The summed E-state index contributed by atoms with van der Waals surface area (Å²) in [7, 11) is 4.86. The monoisotopic (exact) mass is 578 g/mol. The summed E-state index contributed by atoms with van der Waals surface area (Å²) in [6.45, 7) is 3.25. The SMILES string of the molecule is COc1ccc(CC(C)OC(=O)N(C)Cc2ncsc2C(COC=O)c2cnn(Cc3ccccc3)c2)c(OC)c1. The normalized spacial score (nSPS) is 12.3. The maximum absolute atomic E-state index is 13.0. The number of methoxy groups -OCH3 is 2. The zero-order chi connectivity index (χ0) is 29.2. The zero-order valence-electron chi connectivity index (χ0n) is 23.6. The van der Waals surface area contributed by atoms with Gasteiger partial charge in [0.1, 0.15) is 24.2 Å². The van der Waals surface area contributed by atoms with Gasteiger partial charge in [0, 0.05) is 36.2 Å². The van der Waals surface area contributed by atoms with Crippen molar-refractivity contribution < 1.29 is 28.5 Å². The van der Waals surface area contributed by atoms with Crippen LogP contribution in [0.5, 0.6) is 11.5 Å². The number of ether oxygens (including phenoxy) is 4. The average molecular weight is 579 g/mol. The molecule has 10 nitrogen and oxygen atoms in total. The topological polar surface area (TPSA) is 105 Å². The van der Waals surface area contributed by atoms with Crippen LogP contribution in [0.2, 0.25) is 0 Å². The van der Waals surface area contributed by atoms with Gasteiger partial charge in [0.25, 0.3) is 6.47 Å². The minimum atomic E-state index is -0.472. The van der Waals surface area contributed by atoms with Crippen molar-refractivity contribution in [2.75, 3.05) is 27.9 Å². The maximum Gasteiger partial charge on any atom is 0.410 e. The summed E-state index contributed by atoms with van der Waals surface area (Å²) in [6.07, 6.45) is 3.33. The van der Waals surface area contributed by atoms with E-state index in [9.17, 15) is 9.59 Å². The van der Waals surface area contributed by atoms with Crippen molar-refractivity contribution in [3.05, 3.63) is 93.7 Å². The van der Waals surface area contributed by atoms with Crippen LogP contribution in [0.3, 0.4) is 0 Å². The number of carbonyl (C=O) groups is 2. The third-order valence-electron chi connectivity index (χ3n) is 6.57. The fourth-order valence-electron chi connectivity index (χ4n) is 4.48. The van der Waals surface area contributed by atoms with Crippen molar-refractivity contribution in [3.8, 4) is 11.5 Å². The third-order valence-corrected chi connectivity index (χ3v) is 7.55. The maximum atomic E-state index is 13.0. The lowest BCUT2D eigenvalue weighted by Crippen LogP contribution is -2.31. The number of benzene rings is 2. The van der Waals surface area contributed by atoms with E-state index in [4.69, 9.17) is 18.9 Å². The molecule has 0 bridgehead atoms. The van der Waals surface area contributed by atoms with E-state index in [-0.39, 0.29) is 19.1 Å². The van der Waals surface area contributed by atoms with Gasteiger partial charge in [-0.3, -0.25) is 9.48 Å². The Kier molecular flexibility index (Phi) is 10.3. The minimum Gasteiger partial charge on any atom is -0.497 e. The van der Waals surface area contributed by atoms with Crippen molar-refractivity contribution in [1.82, 2.24) is 19.7 Å². The first kappa shape index (κ1) is 29.6. The molecule has 4 rings (SSSR count). The molecule has 0 fully saturated rings. The van der Waals surface area contributed by atoms with E-state index in [1.54, 1.807) is 39.0 Å². The fraction of sp³-hybridized carbons (Fsp3) is 0.333. The van der Waals surface area contributed by atoms with Crippen LogP contribution in [-0.2, 0) is 33.8 Å². The van der Waals surface area contributed by atoms with Crippen LogP contribution in [0.25, 0.3) is 0 Å². The van der Waals surface area contributed by atoms with Gasteiger partial charge in [-0.25, -0.2) is 9.78 Å². The van der Waals surface area contributed by atoms with E-state index < -0.39 is 12.2 Å². The molecular weight excluding hydrogens is 544 g/mol. The van der Waals surface area contributed by atoms with E-state index >= 15 is 0 Å². The Hall–Kier alpha value is -4.38. The number of nitrogens with zero attached hydrogens (tertiary/aromatic N) is 4. The molecule has 0 spiro atoms. The predicted octanol–water partition coefficient (Wildman–Crippen LogP) is 4.91. The first-order valence-electron chi connectivity index (χ1n) is 13.1. The van der Waals surface area contributed by atoms with Crippen molar-refractivity contribution in [1.29, 1.82) is 0 Å². The van der Waals surface area contributed by atoms with Crippen molar-refractivity contribution in [2.45, 2.75) is 38.5 Å². The summed E-state index contributed by atoms with van der Waals surface area (Å²) in [5, 5.41) is 4.51. The molecule has 2 unspecified atom stereocenters. The molecule has 4 aromatic rings. The Morgan fingerprint density at radius 3 is 2.68 bits per heavy atom. The highest BCUT2D eigenvalue weighted by Gasteiger charge is 2.25. The van der Waals surface area contributed by atoms with Crippen molar-refractivity contribution in [2.24, 2.45) is 0 Å². The first-order valence-corrected chi connectivity index (χ1v) is 14.0. The highest BCUT2D eigenvalue weighted by Crippen LogP contribution is 2.32. The van der Waals surface area contributed by atoms with Crippen LogP contribution >= 0.6 is 11.3 Å². The lowest BCUT2D eigenvalue weighted by atomic mass is 10.0. The summed E-state index contributed by atoms with van der Waals surface area (Å²) >= 11 is 1.45. The molecule has 1 amide bonds. The summed E-state index contributed by atoms with van der Waals surface area (Å²) in [5.74, 6) is 1.08. The Morgan fingerprint density at radius 1 is 1.15 bits per heavy atom. The molecule has 41 heavy (non-hydrogen) atoms. The molecule has 0 N–H and O–H groups in total. The molecule has 2 aromatic heterocycles. The second-order valence-electron chi connectivity index (χ2n) is 9.53. The Balaban J connectivity index is 1.42. The second kappa shape index (κ2) is 14.3. The van der Waals surface area contributed by atoms with E-state index in [1.807, 2.05) is 60.3 Å². The molecule has 11 heteroatoms. The molecule has 2 aromatic carbocycles. The van der Waals surface area contributed by atoms with E-state index in [2.05, 4.69) is 10.1 Å². The van der Waals surface area contributed by atoms with Crippen LogP contribution < -0.4 is 9.47 Å². The molecule has 0 saturated carbocycles. The Bertz CT molecular complexity index is 1420. The number of thiazole rings is 1. The lowest BCUT2D eigenvalue weighted by Gasteiger charge is -2.22. The number of hydrogen-bond donors (Lipinski definition) is 0. The molecule has 2 heterocycles. The molecular formula is C30H34N4O6S. The summed E-state index contributed by atoms with van der Waals surface area (Å²) in [5.41, 5.74) is 5.35. The van der Waals surface area contributed by atoms with Crippen LogP contribution in [-0.4, -0.2) is 66.2 Å². The molecule has 2 atom stereocenters. The second-order valence-corrected chi connectivity index (χ2v) is 10.4. The number of hydrogen-bond acceptors (Lipinski definition) is 9. The standard InChI is InChI=1S/C30H34N4O6S/c1-21(12-23-10-11-25(37-3)13-28(23)38-4)40-30(36)33(2)17-27-29(41-19-31-27)26(18-39-20-35)24-14-32-34(16-24)15-22-8-6-5-7-9-22/h5-11,13-14,16,19-21,26H,12,15,17-18H2,1-4H3. The van der Waals surface area contributed by atoms with Crippen LogP contribution in [0.4, 0.5) is 4.79 Å². The number of carbonyl (C=O) groups excluding carboxylic acids is 2. The van der Waals surface area contributed by atoms with Crippen LogP contribution in [0.15, 0.2) is 66.4 Å². The fourth-order valence-corrected chi connectivity index (χ4v) is 5.39. The number of rotatable bonds is 14. The highest BCUT2D eigenvalue weighted by molar-refractivity contribution is 7.09. The van der Waals surface area contributed by atoms with Crippen molar-refractivity contribution in [3.63, 3.8) is 0 Å². The van der Waals surface area contributed by atoms with Gasteiger partial charge in [-0.15, -0.1) is 11.3 Å². The smallest absolute Gasteiger partial charge is 0.410 e. The predicted molar refractivity (Wildman–Crippen MR) is 154 cm³/mol. The average Bonchev–Trinajstić information content (AvgIpc) is 3.64. The Labute approximate surface area is 243 Å². The van der Waals surface area contributed by atoms with E-state index in [0.717, 1.165) is 21.6 Å². The van der Waals surface area contributed by atoms with Crippen LogP contribution in [0, 0.1) is 0 Å². The van der Waals surface area contributed by atoms with Gasteiger partial charge in [0.2, 0.25) is 0 Å². The Morgan fingerprint density at radius 2 is 1.95 bits per heavy atom. The molecule has 0 aliphatic heterocycles. The summed E-state index contributed by atoms with van der Waals surface area (Å²) in [6, 6.07) is 15.6. The quantitative estimate of drug-likeness (QED) is 0.195. The number of aromatic nitrogens is 3. The molecule has 0 radical (unpaired) electrons. The highest BCUT2D eigenvalue weighted by atomic mass is 32.1.